The van der Waals surface area contributed by atoms with Crippen molar-refractivity contribution in [3.63, 3.8) is 0 Å². The average molecular weight is 275 g/mol. The monoisotopic (exact) mass is 275 g/mol. The summed E-state index contributed by atoms with van der Waals surface area (Å²) in [6.07, 6.45) is 9.23. The number of hydrogen-bond acceptors (Lipinski definition) is 4. The topological polar surface area (TPSA) is 51.8 Å². The molecule has 0 radical (unpaired) electrons. The fraction of sp³-hybridized carbons (Fsp3) is 0.733. The molecule has 0 spiro atoms. The molecule has 0 amide bonds. The summed E-state index contributed by atoms with van der Waals surface area (Å²) >= 11 is 1.60. The van der Waals surface area contributed by atoms with Gasteiger partial charge in [0, 0.05) is 12.0 Å². The maximum Gasteiger partial charge on any atom is 0.189 e. The van der Waals surface area contributed by atoms with Crippen molar-refractivity contribution in [2.45, 2.75) is 43.2 Å². The van der Waals surface area contributed by atoms with Crippen LogP contribution in [0.5, 0.6) is 0 Å². The Balaban J connectivity index is 1.70. The third-order valence-corrected chi connectivity index (χ3v) is 6.04. The Hall–Kier alpha value is -0.770. The molecule has 4 aliphatic carbocycles. The normalized spacial score (nSPS) is 39.7. The molecule has 102 valence electrons. The molecule has 1 aromatic heterocycles. The predicted octanol–water partition coefficient (Wildman–Crippen LogP) is 3.32. The Labute approximate surface area is 118 Å². The van der Waals surface area contributed by atoms with Crippen LogP contribution in [0.1, 0.15) is 43.7 Å². The van der Waals surface area contributed by atoms with Crippen molar-refractivity contribution in [2.75, 3.05) is 12.0 Å². The maximum atomic E-state index is 5.96. The largest absolute Gasteiger partial charge is 0.384 e. The zero-order valence-electron chi connectivity index (χ0n) is 11.4. The lowest BCUT2D eigenvalue weighted by atomic mass is 9.51. The van der Waals surface area contributed by atoms with Crippen LogP contribution < -0.4 is 5.73 Å². The van der Waals surface area contributed by atoms with Crippen molar-refractivity contribution in [3.8, 4) is 0 Å². The van der Waals surface area contributed by atoms with Gasteiger partial charge in [0.25, 0.3) is 0 Å². The van der Waals surface area contributed by atoms with Gasteiger partial charge in [-0.1, -0.05) is 11.8 Å². The fourth-order valence-electron chi connectivity index (χ4n) is 5.13. The third-order valence-electron chi connectivity index (χ3n) is 5.50. The summed E-state index contributed by atoms with van der Waals surface area (Å²) < 4.78 is 0. The highest BCUT2D eigenvalue weighted by atomic mass is 32.2. The highest BCUT2D eigenvalue weighted by Crippen LogP contribution is 2.59. The van der Waals surface area contributed by atoms with E-state index in [0.717, 1.165) is 28.8 Å². The van der Waals surface area contributed by atoms with E-state index in [4.69, 9.17) is 10.7 Å². The Morgan fingerprint density at radius 1 is 1.05 bits per heavy atom. The number of hydrogen-bond donors (Lipinski definition) is 1. The third kappa shape index (κ3) is 1.95. The molecule has 4 fully saturated rings. The summed E-state index contributed by atoms with van der Waals surface area (Å²) in [4.78, 5) is 9.06. The van der Waals surface area contributed by atoms with E-state index < -0.39 is 0 Å². The summed E-state index contributed by atoms with van der Waals surface area (Å²) in [6, 6.07) is 2.03. The van der Waals surface area contributed by atoms with Crippen molar-refractivity contribution in [3.05, 3.63) is 11.8 Å². The minimum atomic E-state index is 0.642. The summed E-state index contributed by atoms with van der Waals surface area (Å²) in [5.41, 5.74) is 7.19. The summed E-state index contributed by atoms with van der Waals surface area (Å²) in [7, 11) is 0. The van der Waals surface area contributed by atoms with Gasteiger partial charge in [-0.15, -0.1) is 0 Å². The van der Waals surface area contributed by atoms with E-state index >= 15 is 0 Å². The molecule has 4 aliphatic rings. The molecule has 0 saturated heterocycles. The fourth-order valence-corrected chi connectivity index (χ4v) is 5.53. The number of nitrogen functional groups attached to an aromatic ring is 1. The average Bonchev–Trinajstić information content (AvgIpc) is 2.36. The molecule has 4 bridgehead atoms. The number of anilines is 1. The highest BCUT2D eigenvalue weighted by Gasteiger charge is 2.49. The van der Waals surface area contributed by atoms with Gasteiger partial charge in [0.2, 0.25) is 0 Å². The van der Waals surface area contributed by atoms with Crippen LogP contribution in [0.15, 0.2) is 11.2 Å². The van der Waals surface area contributed by atoms with Crippen molar-refractivity contribution in [1.82, 2.24) is 9.97 Å². The predicted molar refractivity (Wildman–Crippen MR) is 78.0 cm³/mol. The second kappa shape index (κ2) is 4.37. The summed E-state index contributed by atoms with van der Waals surface area (Å²) in [5, 5.41) is 0.837. The minimum absolute atomic E-state index is 0.642. The molecule has 1 aromatic rings. The zero-order valence-corrected chi connectivity index (χ0v) is 12.2. The molecule has 19 heavy (non-hydrogen) atoms. The lowest BCUT2D eigenvalue weighted by molar-refractivity contribution is -0.00435. The van der Waals surface area contributed by atoms with Crippen LogP contribution in [0.2, 0.25) is 0 Å². The quantitative estimate of drug-likeness (QED) is 0.664. The minimum Gasteiger partial charge on any atom is -0.384 e. The molecule has 0 unspecified atom stereocenters. The lowest BCUT2D eigenvalue weighted by Crippen LogP contribution is -2.44. The molecule has 0 aromatic carbocycles. The van der Waals surface area contributed by atoms with Crippen LogP contribution in [0, 0.1) is 23.7 Å². The van der Waals surface area contributed by atoms with Crippen molar-refractivity contribution < 1.29 is 0 Å². The number of rotatable bonds is 2. The Morgan fingerprint density at radius 3 is 2.26 bits per heavy atom. The number of aromatic nitrogens is 2. The van der Waals surface area contributed by atoms with Crippen molar-refractivity contribution in [2.24, 2.45) is 23.7 Å². The highest BCUT2D eigenvalue weighted by molar-refractivity contribution is 7.98. The number of thioether (sulfide) groups is 1. The van der Waals surface area contributed by atoms with Gasteiger partial charge in [0.05, 0.1) is 5.69 Å². The first-order chi connectivity index (χ1) is 9.22. The summed E-state index contributed by atoms with van der Waals surface area (Å²) in [5.74, 6) is 5.04. The number of nitrogens with two attached hydrogens (primary N) is 1. The molecule has 2 N–H and O–H groups in total. The second-order valence-electron chi connectivity index (χ2n) is 6.66. The van der Waals surface area contributed by atoms with Crippen LogP contribution in [-0.4, -0.2) is 16.2 Å². The molecule has 4 heteroatoms. The van der Waals surface area contributed by atoms with Gasteiger partial charge < -0.3 is 5.73 Å². The SMILES string of the molecule is CSc1nc(N)cc(C2C3CC4CC(C3)CC2C4)n1. The van der Waals surface area contributed by atoms with E-state index in [1.165, 1.54) is 37.8 Å². The Bertz CT molecular complexity index is 474. The first-order valence-corrected chi connectivity index (χ1v) is 8.64. The van der Waals surface area contributed by atoms with Gasteiger partial charge in [-0.25, -0.2) is 9.97 Å². The molecule has 0 atom stereocenters. The van der Waals surface area contributed by atoms with Crippen LogP contribution in [-0.2, 0) is 0 Å². The first kappa shape index (κ1) is 12.0. The molecule has 3 nitrogen and oxygen atoms in total. The Morgan fingerprint density at radius 2 is 1.68 bits per heavy atom. The maximum absolute atomic E-state index is 5.96. The number of nitrogens with zero attached hydrogens (tertiary/aromatic N) is 2. The van der Waals surface area contributed by atoms with Crippen molar-refractivity contribution >= 4 is 17.6 Å². The molecular formula is C15H21N3S. The molecule has 1 heterocycles. The van der Waals surface area contributed by atoms with Gasteiger partial charge in [0.15, 0.2) is 5.16 Å². The van der Waals surface area contributed by atoms with E-state index in [-0.39, 0.29) is 0 Å². The van der Waals surface area contributed by atoms with Crippen LogP contribution >= 0.6 is 11.8 Å². The second-order valence-corrected chi connectivity index (χ2v) is 7.43. The Kier molecular flexibility index (Phi) is 2.76. The van der Waals surface area contributed by atoms with Gasteiger partial charge in [-0.3, -0.25) is 0 Å². The van der Waals surface area contributed by atoms with Gasteiger partial charge in [0.1, 0.15) is 5.82 Å². The molecular weight excluding hydrogens is 254 g/mol. The van der Waals surface area contributed by atoms with E-state index in [0.29, 0.717) is 11.7 Å². The zero-order chi connectivity index (χ0) is 13.0. The van der Waals surface area contributed by atoms with Crippen LogP contribution in [0.3, 0.4) is 0 Å². The van der Waals surface area contributed by atoms with E-state index in [1.54, 1.807) is 11.8 Å². The van der Waals surface area contributed by atoms with Gasteiger partial charge in [-0.05, 0) is 62.0 Å². The van der Waals surface area contributed by atoms with E-state index in [9.17, 15) is 0 Å². The van der Waals surface area contributed by atoms with Crippen LogP contribution in [0.25, 0.3) is 0 Å². The lowest BCUT2D eigenvalue weighted by Gasteiger charge is -2.54. The molecule has 4 saturated carbocycles. The van der Waals surface area contributed by atoms with Crippen molar-refractivity contribution in [1.29, 1.82) is 0 Å². The summed E-state index contributed by atoms with van der Waals surface area (Å²) in [6.45, 7) is 0. The van der Waals surface area contributed by atoms with Crippen LogP contribution in [0.4, 0.5) is 5.82 Å². The van der Waals surface area contributed by atoms with Gasteiger partial charge >= 0.3 is 0 Å². The smallest absolute Gasteiger partial charge is 0.189 e. The van der Waals surface area contributed by atoms with Gasteiger partial charge in [-0.2, -0.15) is 0 Å². The standard InChI is InChI=1S/C15H21N3S/c1-19-15-17-12(7-13(16)18-15)14-10-3-8-2-9(5-10)6-11(14)4-8/h7-11,14H,2-6H2,1H3,(H2,16,17,18). The molecule has 0 aliphatic heterocycles. The van der Waals surface area contributed by atoms with E-state index in [1.807, 2.05) is 12.3 Å². The molecule has 5 rings (SSSR count). The van der Waals surface area contributed by atoms with E-state index in [2.05, 4.69) is 4.98 Å². The first-order valence-electron chi connectivity index (χ1n) is 7.41.